The summed E-state index contributed by atoms with van der Waals surface area (Å²) in [4.78, 5) is 53.7. The molecule has 0 aliphatic carbocycles. The summed E-state index contributed by atoms with van der Waals surface area (Å²) in [6, 6.07) is 0. The molecule has 0 amide bonds. The second kappa shape index (κ2) is 13.1. The maximum absolute atomic E-state index is 13.2. The number of phosphoric ester groups is 1. The number of imidazole rings is 1. The highest BCUT2D eigenvalue weighted by Gasteiger charge is 2.51. The highest BCUT2D eigenvalue weighted by atomic mass is 31.2. The third kappa shape index (κ3) is 6.31. The maximum Gasteiger partial charge on any atom is 0.472 e. The van der Waals surface area contributed by atoms with Gasteiger partial charge in [0, 0.05) is 13.2 Å². The Balaban J connectivity index is 1.33. The first-order valence-corrected chi connectivity index (χ1v) is 15.1. The van der Waals surface area contributed by atoms with Crippen molar-refractivity contribution < 1.29 is 47.7 Å². The summed E-state index contributed by atoms with van der Waals surface area (Å²) in [6.07, 6.45) is -7.23. The number of nitrogen functional groups attached to an aromatic ring is 1. The zero-order valence-corrected chi connectivity index (χ0v) is 24.7. The highest BCUT2D eigenvalue weighted by molar-refractivity contribution is 7.47. The lowest BCUT2D eigenvalue weighted by Gasteiger charge is -2.26. The van der Waals surface area contributed by atoms with Crippen molar-refractivity contribution >= 4 is 24.9 Å². The van der Waals surface area contributed by atoms with Gasteiger partial charge in [-0.3, -0.25) is 23.0 Å². The molecule has 3 unspecified atom stereocenters. The average Bonchev–Trinajstić information content (AvgIpc) is 3.62. The van der Waals surface area contributed by atoms with Crippen LogP contribution in [0, 0.1) is 6.92 Å². The Kier molecular flexibility index (Phi) is 9.56. The molecule has 0 spiro atoms. The Morgan fingerprint density at radius 1 is 1.02 bits per heavy atom. The van der Waals surface area contributed by atoms with Gasteiger partial charge in [0.25, 0.3) is 5.56 Å². The number of H-pyrrole nitrogens is 1. The number of ether oxygens (including phenoxy) is 4. The van der Waals surface area contributed by atoms with Gasteiger partial charge in [0.1, 0.15) is 48.8 Å². The van der Waals surface area contributed by atoms with E-state index in [4.69, 9.17) is 33.7 Å². The molecule has 3 aromatic heterocycles. The van der Waals surface area contributed by atoms with E-state index in [2.05, 4.69) is 24.9 Å². The Hall–Kier alpha value is -3.17. The summed E-state index contributed by atoms with van der Waals surface area (Å²) in [5.74, 6) is 0.0517. The van der Waals surface area contributed by atoms with Crippen LogP contribution in [-0.2, 0) is 32.6 Å². The maximum atomic E-state index is 13.2. The molecule has 9 atom stereocenters. The normalized spacial score (nSPS) is 30.2. The number of aromatic nitrogens is 7. The zero-order valence-electron chi connectivity index (χ0n) is 23.8. The summed E-state index contributed by atoms with van der Waals surface area (Å²) < 4.78 is 49.3. The first kappa shape index (κ1) is 32.2. The number of hydrogen-bond acceptors (Lipinski definition) is 16. The molecule has 20 nitrogen and oxygen atoms in total. The molecule has 5 rings (SSSR count). The van der Waals surface area contributed by atoms with Gasteiger partial charge in [0.15, 0.2) is 23.6 Å². The number of nitrogens with one attached hydrogen (secondary N) is 1. The van der Waals surface area contributed by atoms with Gasteiger partial charge in [0.05, 0.1) is 19.5 Å². The van der Waals surface area contributed by atoms with Crippen LogP contribution >= 0.6 is 7.82 Å². The quantitative estimate of drug-likeness (QED) is 0.135. The van der Waals surface area contributed by atoms with Crippen LogP contribution < -0.4 is 17.0 Å². The number of rotatable bonds is 12. The molecule has 242 valence electrons. The Morgan fingerprint density at radius 3 is 2.36 bits per heavy atom. The van der Waals surface area contributed by atoms with Crippen molar-refractivity contribution in [3.05, 3.63) is 39.3 Å². The minimum atomic E-state index is -4.95. The van der Waals surface area contributed by atoms with Crippen molar-refractivity contribution in [1.82, 2.24) is 34.1 Å². The first-order valence-electron chi connectivity index (χ1n) is 13.6. The number of aliphatic hydroxyl groups is 2. The topological polar surface area (TPSA) is 271 Å². The zero-order chi connectivity index (χ0) is 31.8. The fourth-order valence-corrected chi connectivity index (χ4v) is 6.09. The largest absolute Gasteiger partial charge is 0.472 e. The SMILES string of the molecule is CCO[C@H]1C(O)[C@@H](COP(=O)(O)OC2[C@@H](CO)O[C@@H](n3cnc4c(=O)[nH]c(C)nc43)[C@H]2OCC)O[C@H]1n1cnc(N)nc1=O. The van der Waals surface area contributed by atoms with E-state index in [9.17, 15) is 29.3 Å². The predicted octanol–water partition coefficient (Wildman–Crippen LogP) is -1.88. The molecule has 5 heterocycles. The number of phosphoric acid groups is 1. The lowest BCUT2D eigenvalue weighted by molar-refractivity contribution is -0.0745. The molecule has 2 aliphatic heterocycles. The monoisotopic (exact) mass is 644 g/mol. The lowest BCUT2D eigenvalue weighted by Crippen LogP contribution is -2.39. The Bertz CT molecular complexity index is 1630. The Labute approximate surface area is 248 Å². The van der Waals surface area contributed by atoms with Gasteiger partial charge in [-0.05, 0) is 20.8 Å². The van der Waals surface area contributed by atoms with Crippen LogP contribution in [0.3, 0.4) is 0 Å². The lowest BCUT2D eigenvalue weighted by atomic mass is 10.1. The van der Waals surface area contributed by atoms with E-state index in [0.717, 1.165) is 10.9 Å². The fourth-order valence-electron chi connectivity index (χ4n) is 5.13. The molecule has 2 aliphatic rings. The average molecular weight is 645 g/mol. The molecule has 2 saturated heterocycles. The molecule has 0 radical (unpaired) electrons. The van der Waals surface area contributed by atoms with Crippen LogP contribution in [0.2, 0.25) is 0 Å². The van der Waals surface area contributed by atoms with E-state index in [0.29, 0.717) is 5.82 Å². The number of anilines is 1. The van der Waals surface area contributed by atoms with Crippen LogP contribution in [0.4, 0.5) is 5.95 Å². The summed E-state index contributed by atoms with van der Waals surface area (Å²) in [7, 11) is -4.95. The summed E-state index contributed by atoms with van der Waals surface area (Å²) in [5.41, 5.74) is 4.36. The van der Waals surface area contributed by atoms with Gasteiger partial charge in [-0.2, -0.15) is 4.98 Å². The van der Waals surface area contributed by atoms with E-state index in [1.807, 2.05) is 0 Å². The smallest absolute Gasteiger partial charge is 0.394 e. The molecule has 0 bridgehead atoms. The van der Waals surface area contributed by atoms with Crippen molar-refractivity contribution in [3.63, 3.8) is 0 Å². The van der Waals surface area contributed by atoms with Crippen LogP contribution in [0.15, 0.2) is 22.2 Å². The fraction of sp³-hybridized carbons (Fsp3) is 0.652. The molecule has 3 aromatic rings. The second-order valence-electron chi connectivity index (χ2n) is 9.86. The van der Waals surface area contributed by atoms with E-state index >= 15 is 0 Å². The molecule has 21 heteroatoms. The van der Waals surface area contributed by atoms with E-state index < -0.39 is 81.4 Å². The van der Waals surface area contributed by atoms with Crippen LogP contribution in [0.25, 0.3) is 11.2 Å². The summed E-state index contributed by atoms with van der Waals surface area (Å²) >= 11 is 0. The van der Waals surface area contributed by atoms with Gasteiger partial charge in [0.2, 0.25) is 5.95 Å². The van der Waals surface area contributed by atoms with Crippen molar-refractivity contribution in [2.24, 2.45) is 0 Å². The second-order valence-corrected chi connectivity index (χ2v) is 11.3. The first-order chi connectivity index (χ1) is 21.0. The number of nitrogens with zero attached hydrogens (tertiary/aromatic N) is 6. The van der Waals surface area contributed by atoms with Gasteiger partial charge in [-0.1, -0.05) is 0 Å². The third-order valence-electron chi connectivity index (χ3n) is 7.00. The summed E-state index contributed by atoms with van der Waals surface area (Å²) in [5, 5.41) is 20.9. The molecular weight excluding hydrogens is 611 g/mol. The number of aromatic amines is 1. The van der Waals surface area contributed by atoms with Crippen LogP contribution in [0.1, 0.15) is 32.1 Å². The molecule has 0 saturated carbocycles. The van der Waals surface area contributed by atoms with E-state index in [-0.39, 0.29) is 30.3 Å². The predicted molar refractivity (Wildman–Crippen MR) is 146 cm³/mol. The van der Waals surface area contributed by atoms with Crippen molar-refractivity contribution in [3.8, 4) is 0 Å². The number of aliphatic hydroxyl groups excluding tert-OH is 2. The van der Waals surface area contributed by atoms with Crippen LogP contribution in [0.5, 0.6) is 0 Å². The molecule has 6 N–H and O–H groups in total. The molecular formula is C23H33N8O12P. The van der Waals surface area contributed by atoms with Crippen molar-refractivity contribution in [2.75, 3.05) is 32.2 Å². The van der Waals surface area contributed by atoms with Gasteiger partial charge in [-0.25, -0.2) is 24.3 Å². The highest BCUT2D eigenvalue weighted by Crippen LogP contribution is 2.50. The number of fused-ring (bicyclic) bond motifs is 1. The molecule has 0 aromatic carbocycles. The third-order valence-corrected chi connectivity index (χ3v) is 7.98. The van der Waals surface area contributed by atoms with Gasteiger partial charge < -0.3 is 44.8 Å². The summed E-state index contributed by atoms with van der Waals surface area (Å²) in [6.45, 7) is 3.88. The number of nitrogens with two attached hydrogens (primary N) is 1. The number of aryl methyl sites for hydroxylation is 1. The Morgan fingerprint density at radius 2 is 1.68 bits per heavy atom. The van der Waals surface area contributed by atoms with Crippen molar-refractivity contribution in [1.29, 1.82) is 0 Å². The standard InChI is InChI=1S/C23H33N8O12P/c1-4-38-16-14(33)12(42-20(16)31-9-26-22(24)29-23(31)35)7-40-44(36,37)43-15-11(6-32)41-21(17(15)39-5-2)30-8-25-13-18(30)27-10(3)28-19(13)34/h8-9,11-12,14-17,20-21,32-33H,4-7H2,1-3H3,(H,36,37)(H2,24,29,35)(H,27,28,34)/t11-,12-,14?,15?,16+,17+,20-,21-/m1/s1. The molecule has 2 fully saturated rings. The number of hydrogen-bond donors (Lipinski definition) is 5. The van der Waals surface area contributed by atoms with Crippen molar-refractivity contribution in [2.45, 2.75) is 69.9 Å². The van der Waals surface area contributed by atoms with Crippen LogP contribution in [-0.4, -0.2) is 112 Å². The van der Waals surface area contributed by atoms with Gasteiger partial charge >= 0.3 is 13.5 Å². The molecule has 44 heavy (non-hydrogen) atoms. The van der Waals surface area contributed by atoms with Gasteiger partial charge in [-0.15, -0.1) is 0 Å². The van der Waals surface area contributed by atoms with E-state index in [1.165, 1.54) is 10.9 Å². The minimum Gasteiger partial charge on any atom is -0.394 e. The van der Waals surface area contributed by atoms with E-state index in [1.54, 1.807) is 20.8 Å². The minimum absolute atomic E-state index is 0.0297.